The first kappa shape index (κ1) is 32.9. The van der Waals surface area contributed by atoms with Crippen molar-refractivity contribution in [2.24, 2.45) is 11.7 Å². The number of Topliss-reactive ketones (excluding diaryl/α,β-unsaturated/α-hetero) is 1. The van der Waals surface area contributed by atoms with E-state index < -0.39 is 6.09 Å². The van der Waals surface area contributed by atoms with Crippen molar-refractivity contribution in [2.75, 3.05) is 51.1 Å². The number of carbonyl (C=O) groups excluding carboxylic acids is 2. The Morgan fingerprint density at radius 1 is 0.795 bits per heavy atom. The Bertz CT molecular complexity index is 1330. The van der Waals surface area contributed by atoms with Crippen LogP contribution in [0.3, 0.4) is 0 Å². The molecule has 2 amide bonds. The molecule has 0 saturated carbocycles. The van der Waals surface area contributed by atoms with E-state index in [1.54, 1.807) is 12.1 Å². The number of primary amides is 1. The van der Waals surface area contributed by atoms with E-state index in [0.29, 0.717) is 12.2 Å². The number of para-hydroxylation sites is 1. The summed E-state index contributed by atoms with van der Waals surface area (Å²) in [4.78, 5) is 39.1. The van der Waals surface area contributed by atoms with Gasteiger partial charge in [0.05, 0.1) is 12.2 Å². The largest absolute Gasteiger partial charge is 0.465 e. The van der Waals surface area contributed by atoms with Gasteiger partial charge in [0.15, 0.2) is 5.78 Å². The third kappa shape index (κ3) is 10.6. The molecule has 44 heavy (non-hydrogen) atoms. The highest BCUT2D eigenvalue weighted by molar-refractivity contribution is 5.97. The average Bonchev–Trinajstić information content (AvgIpc) is 3.05. The molecule has 2 heterocycles. The highest BCUT2D eigenvalue weighted by Crippen LogP contribution is 2.27. The Balaban J connectivity index is 0.000000233. The summed E-state index contributed by atoms with van der Waals surface area (Å²) in [6.45, 7) is 7.32. The second kappa shape index (κ2) is 17.3. The van der Waals surface area contributed by atoms with Crippen molar-refractivity contribution in [1.29, 1.82) is 0 Å². The first-order valence-corrected chi connectivity index (χ1v) is 15.6. The molecule has 5 N–H and O–H groups in total. The fourth-order valence-electron chi connectivity index (χ4n) is 5.73. The number of nitrogens with zero attached hydrogens (tertiary/aromatic N) is 2. The summed E-state index contributed by atoms with van der Waals surface area (Å²) in [7, 11) is 0. The van der Waals surface area contributed by atoms with Crippen LogP contribution >= 0.6 is 0 Å². The highest BCUT2D eigenvalue weighted by atomic mass is 16.4. The predicted molar refractivity (Wildman–Crippen MR) is 175 cm³/mol. The molecule has 0 unspecified atom stereocenters. The van der Waals surface area contributed by atoms with Gasteiger partial charge >= 0.3 is 6.09 Å². The van der Waals surface area contributed by atoms with Crippen LogP contribution in [-0.2, 0) is 11.3 Å². The Labute approximate surface area is 260 Å². The number of piperidine rings is 2. The maximum absolute atomic E-state index is 12.4. The summed E-state index contributed by atoms with van der Waals surface area (Å²) in [5.41, 5.74) is 9.83. The molecule has 0 radical (unpaired) electrons. The number of hydrogen-bond donors (Lipinski definition) is 4. The van der Waals surface area contributed by atoms with Crippen LogP contribution in [0.1, 0.15) is 48.0 Å². The minimum absolute atomic E-state index is 0.0265. The molecule has 3 aromatic rings. The van der Waals surface area contributed by atoms with E-state index in [0.717, 1.165) is 62.3 Å². The molecule has 3 aromatic carbocycles. The summed E-state index contributed by atoms with van der Waals surface area (Å²) in [5.74, 6) is -0.00168. The number of nitrogens with two attached hydrogens (primary N) is 1. The smallest absolute Gasteiger partial charge is 0.409 e. The van der Waals surface area contributed by atoms with Gasteiger partial charge in [-0.1, -0.05) is 79.2 Å². The van der Waals surface area contributed by atoms with Crippen LogP contribution in [0.5, 0.6) is 0 Å². The number of anilines is 1. The Kier molecular flexibility index (Phi) is 12.9. The molecule has 2 aliphatic rings. The standard InChI is InChI=1S/C22H34N4O2.C13H11NO2/c23-22(28)20-8-13-26(14-9-20)17-18-4-6-19(7-5-18)21(27)16-24-10-15-25-11-2-1-3-12-25;15-13(16)14-12-9-5-4-8-11(12)10-6-2-1-3-7-10/h4-7,20,24H,1-3,8-17H2,(H2,23,28);1-9,14H,(H,15,16). The number of amides is 2. The number of rotatable bonds is 11. The average molecular weight is 600 g/mol. The van der Waals surface area contributed by atoms with Gasteiger partial charge in [0, 0.05) is 36.7 Å². The normalized spacial score (nSPS) is 16.0. The lowest BCUT2D eigenvalue weighted by Gasteiger charge is -2.30. The minimum Gasteiger partial charge on any atom is -0.465 e. The van der Waals surface area contributed by atoms with E-state index in [1.165, 1.54) is 37.9 Å². The molecule has 0 aromatic heterocycles. The van der Waals surface area contributed by atoms with Crippen molar-refractivity contribution in [1.82, 2.24) is 15.1 Å². The minimum atomic E-state index is -1.05. The molecule has 9 nitrogen and oxygen atoms in total. The number of hydrogen-bond acceptors (Lipinski definition) is 6. The molecular formula is C35H45N5O4. The summed E-state index contributed by atoms with van der Waals surface area (Å²) in [6.07, 6.45) is 4.58. The zero-order valence-corrected chi connectivity index (χ0v) is 25.4. The SMILES string of the molecule is NC(=O)C1CCN(Cc2ccc(C(=O)CNCCN3CCCCC3)cc2)CC1.O=C(O)Nc1ccccc1-c1ccccc1. The van der Waals surface area contributed by atoms with Gasteiger partial charge in [-0.25, -0.2) is 4.79 Å². The monoisotopic (exact) mass is 599 g/mol. The van der Waals surface area contributed by atoms with E-state index >= 15 is 0 Å². The quantitative estimate of drug-likeness (QED) is 0.179. The van der Waals surface area contributed by atoms with E-state index in [-0.39, 0.29) is 17.6 Å². The number of carbonyl (C=O) groups is 3. The fraction of sp³-hybridized carbons (Fsp3) is 0.400. The van der Waals surface area contributed by atoms with Crippen LogP contribution in [-0.4, -0.2) is 78.5 Å². The molecular weight excluding hydrogens is 554 g/mol. The molecule has 2 aliphatic heterocycles. The molecule has 2 fully saturated rings. The number of carboxylic acid groups (broad SMARTS) is 1. The van der Waals surface area contributed by atoms with Crippen molar-refractivity contribution in [3.05, 3.63) is 90.0 Å². The summed E-state index contributed by atoms with van der Waals surface area (Å²) in [6, 6.07) is 24.9. The Hall–Kier alpha value is -4.05. The predicted octanol–water partition coefficient (Wildman–Crippen LogP) is 5.09. The van der Waals surface area contributed by atoms with E-state index in [2.05, 4.69) is 20.4 Å². The third-order valence-corrected chi connectivity index (χ3v) is 8.26. The maximum atomic E-state index is 12.4. The van der Waals surface area contributed by atoms with Crippen LogP contribution in [0.4, 0.5) is 10.5 Å². The molecule has 2 saturated heterocycles. The second-order valence-electron chi connectivity index (χ2n) is 11.5. The van der Waals surface area contributed by atoms with Crippen LogP contribution in [0.15, 0.2) is 78.9 Å². The zero-order chi connectivity index (χ0) is 31.1. The van der Waals surface area contributed by atoms with Gasteiger partial charge in [0.25, 0.3) is 0 Å². The number of ketones is 1. The van der Waals surface area contributed by atoms with Crippen LogP contribution in [0.25, 0.3) is 11.1 Å². The van der Waals surface area contributed by atoms with Gasteiger partial charge in [-0.05, 0) is 69.1 Å². The van der Waals surface area contributed by atoms with Gasteiger partial charge < -0.3 is 21.1 Å². The number of nitrogens with one attached hydrogen (secondary N) is 2. The lowest BCUT2D eigenvalue weighted by atomic mass is 9.96. The highest BCUT2D eigenvalue weighted by Gasteiger charge is 2.23. The first-order chi connectivity index (χ1) is 21.4. The summed E-state index contributed by atoms with van der Waals surface area (Å²) >= 11 is 0. The zero-order valence-electron chi connectivity index (χ0n) is 25.4. The van der Waals surface area contributed by atoms with Crippen molar-refractivity contribution in [3.63, 3.8) is 0 Å². The van der Waals surface area contributed by atoms with Gasteiger partial charge in [-0.2, -0.15) is 0 Å². The maximum Gasteiger partial charge on any atom is 0.409 e. The lowest BCUT2D eigenvalue weighted by Crippen LogP contribution is -2.38. The Morgan fingerprint density at radius 3 is 2.11 bits per heavy atom. The molecule has 9 heteroatoms. The van der Waals surface area contributed by atoms with Crippen molar-refractivity contribution in [2.45, 2.75) is 38.6 Å². The second-order valence-corrected chi connectivity index (χ2v) is 11.5. The van der Waals surface area contributed by atoms with Gasteiger partial charge in [0.2, 0.25) is 5.91 Å². The fourth-order valence-corrected chi connectivity index (χ4v) is 5.73. The molecule has 0 atom stereocenters. The van der Waals surface area contributed by atoms with Crippen LogP contribution < -0.4 is 16.4 Å². The van der Waals surface area contributed by atoms with Crippen molar-refractivity contribution in [3.8, 4) is 11.1 Å². The van der Waals surface area contributed by atoms with Crippen molar-refractivity contribution < 1.29 is 19.5 Å². The molecule has 0 spiro atoms. The summed E-state index contributed by atoms with van der Waals surface area (Å²) < 4.78 is 0. The van der Waals surface area contributed by atoms with Crippen molar-refractivity contribution >= 4 is 23.5 Å². The first-order valence-electron chi connectivity index (χ1n) is 15.6. The number of benzene rings is 3. The van der Waals surface area contributed by atoms with Gasteiger partial charge in [0.1, 0.15) is 0 Å². The molecule has 234 valence electrons. The van der Waals surface area contributed by atoms with Gasteiger partial charge in [-0.3, -0.25) is 19.8 Å². The van der Waals surface area contributed by atoms with E-state index in [9.17, 15) is 14.4 Å². The molecule has 0 aliphatic carbocycles. The lowest BCUT2D eigenvalue weighted by molar-refractivity contribution is -0.123. The van der Waals surface area contributed by atoms with Crippen LogP contribution in [0.2, 0.25) is 0 Å². The topological polar surface area (TPSA) is 128 Å². The Morgan fingerprint density at radius 2 is 1.45 bits per heavy atom. The summed E-state index contributed by atoms with van der Waals surface area (Å²) in [5, 5.41) is 14.4. The van der Waals surface area contributed by atoms with Gasteiger partial charge in [-0.15, -0.1) is 0 Å². The number of likely N-dealkylation sites (tertiary alicyclic amines) is 2. The van der Waals surface area contributed by atoms with E-state index in [4.69, 9.17) is 10.8 Å². The molecule has 5 rings (SSSR count). The third-order valence-electron chi connectivity index (χ3n) is 8.26. The van der Waals surface area contributed by atoms with E-state index in [1.807, 2.05) is 66.7 Å². The molecule has 0 bridgehead atoms. The van der Waals surface area contributed by atoms with Crippen LogP contribution in [0, 0.1) is 5.92 Å².